The van der Waals surface area contributed by atoms with Crippen LogP contribution in [0.5, 0.6) is 0 Å². The van der Waals surface area contributed by atoms with E-state index >= 15 is 0 Å². The first kappa shape index (κ1) is 17.8. The number of fused-ring (bicyclic) bond motifs is 1. The number of aliphatic hydroxyl groups is 1. The molecular formula is C16H20ClF2N5O2. The zero-order valence-electron chi connectivity index (χ0n) is 14.0. The molecule has 0 amide bonds. The topological polar surface area (TPSA) is 84.6 Å². The summed E-state index contributed by atoms with van der Waals surface area (Å²) in [5.41, 5.74) is -0.214. The first-order chi connectivity index (χ1) is 12.5. The van der Waals surface area contributed by atoms with Gasteiger partial charge in [-0.2, -0.15) is 0 Å². The van der Waals surface area contributed by atoms with Gasteiger partial charge in [0.05, 0.1) is 24.9 Å². The quantitative estimate of drug-likeness (QED) is 0.819. The van der Waals surface area contributed by atoms with Gasteiger partial charge in [0, 0.05) is 18.4 Å². The molecule has 2 aromatic heterocycles. The molecule has 10 heteroatoms. The van der Waals surface area contributed by atoms with E-state index in [4.69, 9.17) is 16.3 Å². The molecule has 2 aromatic rings. The fraction of sp³-hybridized carbons (Fsp3) is 0.688. The van der Waals surface area contributed by atoms with Gasteiger partial charge in [-0.3, -0.25) is 0 Å². The summed E-state index contributed by atoms with van der Waals surface area (Å²) in [5, 5.41) is 17.7. The number of nitrogens with one attached hydrogen (secondary N) is 1. The Bertz CT molecular complexity index is 798. The summed E-state index contributed by atoms with van der Waals surface area (Å²) in [4.78, 5) is 8.56. The van der Waals surface area contributed by atoms with Crippen LogP contribution in [0.15, 0.2) is 6.20 Å². The molecule has 0 aromatic carbocycles. The van der Waals surface area contributed by atoms with Crippen LogP contribution in [-0.4, -0.2) is 56.5 Å². The highest BCUT2D eigenvalue weighted by molar-refractivity contribution is 6.32. The molecule has 3 heterocycles. The first-order valence-electron chi connectivity index (χ1n) is 8.71. The Balaban J connectivity index is 1.68. The summed E-state index contributed by atoms with van der Waals surface area (Å²) in [5.74, 6) is 0.757. The van der Waals surface area contributed by atoms with Crippen molar-refractivity contribution in [3.63, 3.8) is 0 Å². The molecule has 0 bridgehead atoms. The van der Waals surface area contributed by atoms with Crippen LogP contribution in [0.3, 0.4) is 0 Å². The van der Waals surface area contributed by atoms with E-state index in [1.165, 1.54) is 10.7 Å². The lowest BCUT2D eigenvalue weighted by Gasteiger charge is -2.40. The van der Waals surface area contributed by atoms with Crippen molar-refractivity contribution in [2.24, 2.45) is 0 Å². The second kappa shape index (κ2) is 6.86. The van der Waals surface area contributed by atoms with Crippen molar-refractivity contribution in [2.45, 2.75) is 56.1 Å². The van der Waals surface area contributed by atoms with Crippen LogP contribution in [0.25, 0.3) is 5.52 Å². The molecule has 2 fully saturated rings. The zero-order chi connectivity index (χ0) is 18.3. The first-order valence-corrected chi connectivity index (χ1v) is 9.08. The van der Waals surface area contributed by atoms with Crippen molar-refractivity contribution >= 4 is 23.1 Å². The fourth-order valence-electron chi connectivity index (χ4n) is 3.74. The lowest BCUT2D eigenvalue weighted by molar-refractivity contribution is -0.0136. The average Bonchev–Trinajstić information content (AvgIpc) is 2.90. The van der Waals surface area contributed by atoms with Crippen LogP contribution in [0.1, 0.15) is 37.9 Å². The Hall–Kier alpha value is -1.58. The molecular weight excluding hydrogens is 368 g/mol. The van der Waals surface area contributed by atoms with E-state index in [0.29, 0.717) is 43.2 Å². The van der Waals surface area contributed by atoms with Crippen LogP contribution < -0.4 is 5.32 Å². The van der Waals surface area contributed by atoms with Crippen molar-refractivity contribution in [3.05, 3.63) is 17.2 Å². The van der Waals surface area contributed by atoms with E-state index in [0.717, 1.165) is 6.42 Å². The number of anilines is 1. The summed E-state index contributed by atoms with van der Waals surface area (Å²) in [6.07, 6.45) is 0.960. The normalized spacial score (nSPS) is 25.4. The van der Waals surface area contributed by atoms with Crippen molar-refractivity contribution in [1.82, 2.24) is 19.6 Å². The van der Waals surface area contributed by atoms with Gasteiger partial charge in [-0.05, 0) is 19.3 Å². The fourth-order valence-corrected chi connectivity index (χ4v) is 3.94. The molecule has 0 spiro atoms. The molecule has 2 N–H and O–H groups in total. The Labute approximate surface area is 153 Å². The molecule has 0 radical (unpaired) electrons. The Kier molecular flexibility index (Phi) is 4.70. The SMILES string of the molecule is O[C@@H]1COCC[C@H]1Nc1ncc2c(Cl)nc(C3(CC(F)F)CCC3)n2n1. The number of rotatable bonds is 5. The minimum atomic E-state index is -2.42. The monoisotopic (exact) mass is 387 g/mol. The third kappa shape index (κ3) is 3.12. The van der Waals surface area contributed by atoms with Gasteiger partial charge in [-0.1, -0.05) is 18.0 Å². The number of hydrogen-bond donors (Lipinski definition) is 2. The summed E-state index contributed by atoms with van der Waals surface area (Å²) < 4.78 is 33.0. The van der Waals surface area contributed by atoms with Gasteiger partial charge < -0.3 is 15.2 Å². The molecule has 1 aliphatic carbocycles. The van der Waals surface area contributed by atoms with Gasteiger partial charge in [0.25, 0.3) is 0 Å². The smallest absolute Gasteiger partial charge is 0.241 e. The van der Waals surface area contributed by atoms with Gasteiger partial charge in [0.15, 0.2) is 5.15 Å². The highest BCUT2D eigenvalue weighted by Crippen LogP contribution is 2.47. The Morgan fingerprint density at radius 3 is 2.92 bits per heavy atom. The van der Waals surface area contributed by atoms with E-state index in [1.807, 2.05) is 0 Å². The average molecular weight is 388 g/mol. The van der Waals surface area contributed by atoms with Crippen molar-refractivity contribution in [2.75, 3.05) is 18.5 Å². The molecule has 2 atom stereocenters. The predicted molar refractivity (Wildman–Crippen MR) is 90.8 cm³/mol. The second-order valence-corrected chi connectivity index (χ2v) is 7.37. The number of aromatic nitrogens is 4. The largest absolute Gasteiger partial charge is 0.389 e. The van der Waals surface area contributed by atoms with Gasteiger partial charge in [0.1, 0.15) is 11.3 Å². The number of imidazole rings is 1. The summed E-state index contributed by atoms with van der Waals surface area (Å²) in [6, 6.07) is -0.234. The van der Waals surface area contributed by atoms with Crippen molar-refractivity contribution in [3.8, 4) is 0 Å². The molecule has 26 heavy (non-hydrogen) atoms. The molecule has 4 rings (SSSR count). The summed E-state index contributed by atoms with van der Waals surface area (Å²) in [7, 11) is 0. The maximum atomic E-state index is 13.1. The lowest BCUT2D eigenvalue weighted by Crippen LogP contribution is -2.42. The predicted octanol–water partition coefficient (Wildman–Crippen LogP) is 2.42. The van der Waals surface area contributed by atoms with Crippen molar-refractivity contribution in [1.29, 1.82) is 0 Å². The standard InChI is InChI=1S/C16H20ClF2N5O2/c17-13-10-7-20-15(21-9-2-5-26-8-11(9)25)23-24(10)14(22-13)16(3-1-4-16)6-12(18)19/h7,9,11-12,25H,1-6,8H2,(H,21,23)/t9-,11-/m1/s1. The van der Waals surface area contributed by atoms with Crippen LogP contribution in [0.2, 0.25) is 5.15 Å². The highest BCUT2D eigenvalue weighted by Gasteiger charge is 2.45. The number of nitrogens with zero attached hydrogens (tertiary/aromatic N) is 4. The van der Waals surface area contributed by atoms with Gasteiger partial charge in [-0.25, -0.2) is 23.3 Å². The maximum Gasteiger partial charge on any atom is 0.241 e. The van der Waals surface area contributed by atoms with Gasteiger partial charge >= 0.3 is 0 Å². The third-order valence-electron chi connectivity index (χ3n) is 5.32. The highest BCUT2D eigenvalue weighted by atomic mass is 35.5. The van der Waals surface area contributed by atoms with Gasteiger partial charge in [0.2, 0.25) is 12.4 Å². The van der Waals surface area contributed by atoms with Crippen LogP contribution in [-0.2, 0) is 10.2 Å². The van der Waals surface area contributed by atoms with Crippen LogP contribution >= 0.6 is 11.6 Å². The maximum absolute atomic E-state index is 13.1. The number of ether oxygens (including phenoxy) is 1. The molecule has 142 valence electrons. The second-order valence-electron chi connectivity index (χ2n) is 7.02. The van der Waals surface area contributed by atoms with E-state index in [1.54, 1.807) is 0 Å². The Morgan fingerprint density at radius 1 is 1.46 bits per heavy atom. The van der Waals surface area contributed by atoms with E-state index in [-0.39, 0.29) is 24.2 Å². The minimum Gasteiger partial charge on any atom is -0.389 e. The van der Waals surface area contributed by atoms with Crippen LogP contribution in [0, 0.1) is 0 Å². The molecule has 7 nitrogen and oxygen atoms in total. The molecule has 2 aliphatic rings. The van der Waals surface area contributed by atoms with Crippen LogP contribution in [0.4, 0.5) is 14.7 Å². The summed E-state index contributed by atoms with van der Waals surface area (Å²) >= 11 is 6.19. The molecule has 1 saturated carbocycles. The number of halogens is 3. The third-order valence-corrected chi connectivity index (χ3v) is 5.60. The van der Waals surface area contributed by atoms with E-state index in [9.17, 15) is 13.9 Å². The zero-order valence-corrected chi connectivity index (χ0v) is 14.8. The number of alkyl halides is 2. The van der Waals surface area contributed by atoms with E-state index < -0.39 is 17.9 Å². The lowest BCUT2D eigenvalue weighted by atomic mass is 9.66. The molecule has 1 aliphatic heterocycles. The Morgan fingerprint density at radius 2 is 2.27 bits per heavy atom. The number of aliphatic hydroxyl groups excluding tert-OH is 1. The molecule has 1 saturated heterocycles. The van der Waals surface area contributed by atoms with E-state index in [2.05, 4.69) is 20.4 Å². The minimum absolute atomic E-state index is 0.207. The van der Waals surface area contributed by atoms with Gasteiger partial charge in [-0.15, -0.1) is 5.10 Å². The molecule has 0 unspecified atom stereocenters. The number of hydrogen-bond acceptors (Lipinski definition) is 6. The summed E-state index contributed by atoms with van der Waals surface area (Å²) in [6.45, 7) is 0.788. The van der Waals surface area contributed by atoms with Crippen molar-refractivity contribution < 1.29 is 18.6 Å².